The molecule has 0 aliphatic carbocycles. The summed E-state index contributed by atoms with van der Waals surface area (Å²) >= 11 is 0. The predicted octanol–water partition coefficient (Wildman–Crippen LogP) is 9.38. The molecule has 4 nitrogen and oxygen atoms in total. The van der Waals surface area contributed by atoms with E-state index in [1.54, 1.807) is 0 Å². The second-order valence-corrected chi connectivity index (χ2v) is 18.7. The third-order valence-corrected chi connectivity index (χ3v) is 15.5. The van der Waals surface area contributed by atoms with Gasteiger partial charge in [0, 0.05) is 65.8 Å². The van der Waals surface area contributed by atoms with Gasteiger partial charge in [-0.05, 0) is 80.9 Å². The summed E-state index contributed by atoms with van der Waals surface area (Å²) in [4.78, 5) is 0. The zero-order valence-electron chi connectivity index (χ0n) is 34.6. The van der Waals surface area contributed by atoms with Gasteiger partial charge in [-0.15, -0.1) is 0 Å². The summed E-state index contributed by atoms with van der Waals surface area (Å²) in [6.07, 6.45) is 0. The normalized spacial score (nSPS) is 14.7. The molecule has 3 aromatic heterocycles. The molecule has 0 saturated heterocycles. The molecule has 9 aromatic carbocycles. The van der Waals surface area contributed by atoms with E-state index in [2.05, 4.69) is 203 Å². The molecule has 0 atom stereocenters. The van der Waals surface area contributed by atoms with Crippen molar-refractivity contribution in [1.29, 1.82) is 0 Å². The van der Waals surface area contributed by atoms with Crippen LogP contribution in [-0.4, -0.2) is 27.1 Å². The van der Waals surface area contributed by atoms with Gasteiger partial charge < -0.3 is 18.4 Å². The molecule has 63 heavy (non-hydrogen) atoms. The first-order chi connectivity index (χ1) is 31.1. The van der Waals surface area contributed by atoms with Gasteiger partial charge in [0.2, 0.25) is 6.71 Å². The second kappa shape index (κ2) is 11.0. The number of benzene rings is 9. The monoisotopic (exact) mass is 799 g/mol. The number of ether oxygens (including phenoxy) is 1. The number of nitrogens with zero attached hydrogens (tertiary/aromatic N) is 3. The molecular formula is C57H35B2N3O. The third kappa shape index (κ3) is 3.67. The van der Waals surface area contributed by atoms with E-state index < -0.39 is 0 Å². The highest BCUT2D eigenvalue weighted by Gasteiger charge is 2.46. The Morgan fingerprint density at radius 3 is 1.65 bits per heavy atom. The van der Waals surface area contributed by atoms with E-state index >= 15 is 0 Å². The Hall–Kier alpha value is -7.69. The maximum atomic E-state index is 6.81. The molecule has 4 aliphatic rings. The molecule has 0 unspecified atom stereocenters. The van der Waals surface area contributed by atoms with Gasteiger partial charge in [0.25, 0.3) is 6.71 Å². The fourth-order valence-corrected chi connectivity index (χ4v) is 13.2. The molecule has 16 rings (SSSR count). The quantitative estimate of drug-likeness (QED) is 0.152. The molecule has 0 saturated carbocycles. The zero-order valence-corrected chi connectivity index (χ0v) is 34.6. The van der Waals surface area contributed by atoms with Crippen LogP contribution >= 0.6 is 0 Å². The van der Waals surface area contributed by atoms with Crippen molar-refractivity contribution in [3.63, 3.8) is 0 Å². The molecule has 0 N–H and O–H groups in total. The highest BCUT2D eigenvalue weighted by atomic mass is 16.5. The van der Waals surface area contributed by atoms with Crippen LogP contribution in [0.4, 0.5) is 0 Å². The van der Waals surface area contributed by atoms with Crippen LogP contribution in [0.1, 0.15) is 25.0 Å². The van der Waals surface area contributed by atoms with Gasteiger partial charge in [0.1, 0.15) is 11.5 Å². The van der Waals surface area contributed by atoms with Crippen molar-refractivity contribution in [2.24, 2.45) is 0 Å². The highest BCUT2D eigenvalue weighted by molar-refractivity contribution is 7.00. The summed E-state index contributed by atoms with van der Waals surface area (Å²) in [5, 5.41) is 7.69. The number of hydrogen-bond acceptors (Lipinski definition) is 1. The largest absolute Gasteiger partial charge is 0.458 e. The van der Waals surface area contributed by atoms with Crippen LogP contribution in [0.3, 0.4) is 0 Å². The van der Waals surface area contributed by atoms with Gasteiger partial charge >= 0.3 is 0 Å². The minimum Gasteiger partial charge on any atom is -0.458 e. The first kappa shape index (κ1) is 33.0. The van der Waals surface area contributed by atoms with Crippen molar-refractivity contribution < 1.29 is 4.74 Å². The molecule has 6 heteroatoms. The van der Waals surface area contributed by atoms with Crippen molar-refractivity contribution in [3.05, 3.63) is 187 Å². The summed E-state index contributed by atoms with van der Waals surface area (Å²) in [7, 11) is 0. The summed E-state index contributed by atoms with van der Waals surface area (Å²) in [5.41, 5.74) is 21.8. The van der Waals surface area contributed by atoms with Crippen LogP contribution in [0, 0.1) is 0 Å². The van der Waals surface area contributed by atoms with E-state index in [1.165, 1.54) is 121 Å². The lowest BCUT2D eigenvalue weighted by Crippen LogP contribution is -2.63. The maximum absolute atomic E-state index is 6.81. The molecule has 0 bridgehead atoms. The number of fused-ring (bicyclic) bond motifs is 20. The van der Waals surface area contributed by atoms with Crippen LogP contribution in [0.5, 0.6) is 11.5 Å². The average molecular weight is 800 g/mol. The van der Waals surface area contributed by atoms with E-state index in [-0.39, 0.29) is 18.8 Å². The first-order valence-corrected chi connectivity index (χ1v) is 22.3. The summed E-state index contributed by atoms with van der Waals surface area (Å²) in [5.74, 6) is 1.87. The predicted molar refractivity (Wildman–Crippen MR) is 264 cm³/mol. The van der Waals surface area contributed by atoms with E-state index in [0.29, 0.717) is 0 Å². The van der Waals surface area contributed by atoms with Crippen molar-refractivity contribution >= 4 is 112 Å². The highest BCUT2D eigenvalue weighted by Crippen LogP contribution is 2.51. The van der Waals surface area contributed by atoms with Crippen LogP contribution in [0.25, 0.3) is 82.5 Å². The third-order valence-electron chi connectivity index (χ3n) is 15.5. The Balaban J connectivity index is 1.22. The van der Waals surface area contributed by atoms with E-state index in [0.717, 1.165) is 17.2 Å². The van der Waals surface area contributed by atoms with Gasteiger partial charge in [0.05, 0.1) is 22.1 Å². The van der Waals surface area contributed by atoms with Crippen LogP contribution in [0.15, 0.2) is 176 Å². The summed E-state index contributed by atoms with van der Waals surface area (Å²) < 4.78 is 14.7. The Kier molecular flexibility index (Phi) is 5.78. The topological polar surface area (TPSA) is 24.0 Å². The van der Waals surface area contributed by atoms with Crippen LogP contribution in [-0.2, 0) is 5.41 Å². The minimum atomic E-state index is -0.167. The minimum absolute atomic E-state index is 0.0406. The van der Waals surface area contributed by atoms with Gasteiger partial charge in [-0.1, -0.05) is 153 Å². The lowest BCUT2D eigenvalue weighted by molar-refractivity contribution is 0.487. The summed E-state index contributed by atoms with van der Waals surface area (Å²) in [6.45, 7) is 5.00. The van der Waals surface area contributed by atoms with Crippen molar-refractivity contribution in [2.45, 2.75) is 19.3 Å². The molecule has 0 spiro atoms. The van der Waals surface area contributed by atoms with Crippen LogP contribution < -0.4 is 37.5 Å². The van der Waals surface area contributed by atoms with E-state index in [1.807, 2.05) is 0 Å². The molecule has 7 heterocycles. The van der Waals surface area contributed by atoms with E-state index in [9.17, 15) is 0 Å². The molecule has 12 aromatic rings. The van der Waals surface area contributed by atoms with Gasteiger partial charge in [-0.3, -0.25) is 0 Å². The average Bonchev–Trinajstić information content (AvgIpc) is 3.98. The number of para-hydroxylation sites is 5. The fourth-order valence-electron chi connectivity index (χ4n) is 13.2. The Bertz CT molecular complexity index is 4110. The lowest BCUT2D eigenvalue weighted by atomic mass is 9.30. The SMILES string of the molecule is CC1(C)c2ccccc2B2c3c(cccc31)-n1c3c2cccc3c2c3c(c4ccccc4n3-c3ccccc3)c3c(c4cccc5c4n3-c3cccc4c3B5c3ccccc3O4)c21. The second-order valence-electron chi connectivity index (χ2n) is 18.7. The Labute approximate surface area is 363 Å². The fraction of sp³-hybridized carbons (Fsp3) is 0.0526. The van der Waals surface area contributed by atoms with Crippen molar-refractivity contribution in [3.8, 4) is 28.6 Å². The first-order valence-electron chi connectivity index (χ1n) is 22.3. The number of rotatable bonds is 1. The van der Waals surface area contributed by atoms with Crippen molar-refractivity contribution in [2.75, 3.05) is 0 Å². The lowest BCUT2D eigenvalue weighted by Gasteiger charge is -2.41. The van der Waals surface area contributed by atoms with E-state index in [4.69, 9.17) is 4.74 Å². The van der Waals surface area contributed by atoms with Gasteiger partial charge in [-0.2, -0.15) is 0 Å². The standard InChI is InChI=1S/C57H35B2N3O/c1-57(2)36-21-7-8-23-38(36)58-40-25-12-19-34-48-54-47(33-18-6-10-27-42(33)60(54)32-16-4-3-5-17-32)55-49(56(48)61(52(34)40)43-28-14-22-37(57)50(43)58)35-20-13-26-41-53(35)62(55)44-29-15-31-46-51(44)59(41)39-24-9-11-30-45(39)63-46/h3-31H,1-2H3. The molecule has 0 amide bonds. The number of aromatic nitrogens is 3. The van der Waals surface area contributed by atoms with Crippen molar-refractivity contribution in [1.82, 2.24) is 13.7 Å². The Morgan fingerprint density at radius 2 is 0.889 bits per heavy atom. The molecule has 0 fully saturated rings. The number of hydrogen-bond donors (Lipinski definition) is 0. The van der Waals surface area contributed by atoms with Crippen LogP contribution in [0.2, 0.25) is 0 Å². The Morgan fingerprint density at radius 1 is 0.381 bits per heavy atom. The molecule has 0 radical (unpaired) electrons. The zero-order chi connectivity index (χ0) is 41.0. The molecule has 290 valence electrons. The summed E-state index contributed by atoms with van der Waals surface area (Å²) in [6, 6.07) is 66.0. The van der Waals surface area contributed by atoms with Gasteiger partial charge in [0.15, 0.2) is 0 Å². The van der Waals surface area contributed by atoms with Gasteiger partial charge in [-0.25, -0.2) is 0 Å². The smallest absolute Gasteiger partial charge is 0.256 e. The maximum Gasteiger partial charge on any atom is 0.256 e. The molecule has 4 aliphatic heterocycles. The molecular weight excluding hydrogens is 764 g/mol.